The Kier molecular flexibility index (Phi) is 9.81. The molecule has 0 unspecified atom stereocenters. The molecule has 10 aromatic carbocycles. The van der Waals surface area contributed by atoms with E-state index in [9.17, 15) is 0 Å². The number of aromatic nitrogens is 4. The van der Waals surface area contributed by atoms with Gasteiger partial charge in [0.05, 0.1) is 5.69 Å². The van der Waals surface area contributed by atoms with Crippen LogP contribution in [0.2, 0.25) is 0 Å². The number of benzene rings is 10. The zero-order valence-corrected chi connectivity index (χ0v) is 35.9. The lowest BCUT2D eigenvalue weighted by molar-refractivity contribution is 1.08. The van der Waals surface area contributed by atoms with E-state index in [1.807, 2.05) is 12.3 Å². The SMILES string of the molecule is c1ccc(-c2ccccc2-c2ncccc2-c2ccc(-c3cc(-c4ccc5ccccc5c4)cc(-c4nc(-c5cccc6ccccc56)nc(-c5cccc6ccccc56)n4)c3)cc2)cc1. The Morgan fingerprint density at radius 1 is 0.227 bits per heavy atom. The fourth-order valence-corrected chi connectivity index (χ4v) is 9.30. The molecule has 0 saturated heterocycles. The Morgan fingerprint density at radius 3 is 1.39 bits per heavy atom. The van der Waals surface area contributed by atoms with E-state index in [0.29, 0.717) is 17.5 Å². The molecule has 0 aliphatic rings. The minimum atomic E-state index is 0.605. The molecule has 0 bridgehead atoms. The maximum Gasteiger partial charge on any atom is 0.164 e. The lowest BCUT2D eigenvalue weighted by atomic mass is 9.91. The summed E-state index contributed by atoms with van der Waals surface area (Å²) >= 11 is 0. The van der Waals surface area contributed by atoms with Crippen LogP contribution >= 0.6 is 0 Å². The van der Waals surface area contributed by atoms with Gasteiger partial charge in [-0.2, -0.15) is 0 Å². The van der Waals surface area contributed by atoms with Crippen LogP contribution in [0.4, 0.5) is 0 Å². The van der Waals surface area contributed by atoms with Crippen molar-refractivity contribution in [1.29, 1.82) is 0 Å². The van der Waals surface area contributed by atoms with Crippen molar-refractivity contribution < 1.29 is 0 Å². The smallest absolute Gasteiger partial charge is 0.164 e. The number of rotatable bonds is 8. The average molecular weight is 841 g/mol. The average Bonchev–Trinajstić information content (AvgIpc) is 3.40. The van der Waals surface area contributed by atoms with E-state index in [1.165, 1.54) is 10.8 Å². The Hall–Kier alpha value is -8.86. The number of fused-ring (bicyclic) bond motifs is 3. The molecule has 0 amide bonds. The van der Waals surface area contributed by atoms with Crippen molar-refractivity contribution in [2.45, 2.75) is 0 Å². The minimum Gasteiger partial charge on any atom is -0.256 e. The Bertz CT molecular complexity index is 3660. The molecule has 4 nitrogen and oxygen atoms in total. The third kappa shape index (κ3) is 7.27. The molecule has 308 valence electrons. The fourth-order valence-electron chi connectivity index (χ4n) is 9.30. The van der Waals surface area contributed by atoms with Gasteiger partial charge in [0.2, 0.25) is 0 Å². The lowest BCUT2D eigenvalue weighted by Gasteiger charge is -2.15. The van der Waals surface area contributed by atoms with Crippen molar-refractivity contribution in [3.05, 3.63) is 243 Å². The molecule has 4 heteroatoms. The van der Waals surface area contributed by atoms with Crippen LogP contribution in [0.1, 0.15) is 0 Å². The van der Waals surface area contributed by atoms with Gasteiger partial charge in [0.1, 0.15) is 0 Å². The summed E-state index contributed by atoms with van der Waals surface area (Å²) in [5.74, 6) is 1.86. The van der Waals surface area contributed by atoms with Crippen LogP contribution in [0, 0.1) is 0 Å². The van der Waals surface area contributed by atoms with E-state index in [0.717, 1.165) is 94.0 Å². The first-order valence-corrected chi connectivity index (χ1v) is 22.3. The van der Waals surface area contributed by atoms with E-state index >= 15 is 0 Å². The molecule has 66 heavy (non-hydrogen) atoms. The highest BCUT2D eigenvalue weighted by molar-refractivity contribution is 5.98. The predicted molar refractivity (Wildman–Crippen MR) is 274 cm³/mol. The van der Waals surface area contributed by atoms with Gasteiger partial charge in [-0.1, -0.05) is 206 Å². The molecule has 12 aromatic rings. The van der Waals surface area contributed by atoms with Crippen LogP contribution in [0.25, 0.3) is 122 Å². The van der Waals surface area contributed by atoms with Crippen LogP contribution in [0.5, 0.6) is 0 Å². The molecule has 12 rings (SSSR count). The quantitative estimate of drug-likeness (QED) is 0.153. The minimum absolute atomic E-state index is 0.605. The Balaban J connectivity index is 1.03. The van der Waals surface area contributed by atoms with Crippen LogP contribution < -0.4 is 0 Å². The molecular weight excluding hydrogens is 801 g/mol. The second-order valence-electron chi connectivity index (χ2n) is 16.6. The molecule has 2 heterocycles. The molecule has 0 spiro atoms. The fraction of sp³-hybridized carbons (Fsp3) is 0. The van der Waals surface area contributed by atoms with E-state index in [4.69, 9.17) is 19.9 Å². The summed E-state index contributed by atoms with van der Waals surface area (Å²) in [6, 6.07) is 83.5. The number of pyridine rings is 1. The van der Waals surface area contributed by atoms with Crippen LogP contribution in [0.3, 0.4) is 0 Å². The van der Waals surface area contributed by atoms with Crippen molar-refractivity contribution >= 4 is 32.3 Å². The summed E-state index contributed by atoms with van der Waals surface area (Å²) in [6.07, 6.45) is 1.88. The van der Waals surface area contributed by atoms with E-state index in [-0.39, 0.29) is 0 Å². The molecule has 0 N–H and O–H groups in total. The molecular formula is C62H40N4. The highest BCUT2D eigenvalue weighted by atomic mass is 15.0. The summed E-state index contributed by atoms with van der Waals surface area (Å²) in [6.45, 7) is 0. The van der Waals surface area contributed by atoms with Crippen LogP contribution in [-0.2, 0) is 0 Å². The number of hydrogen-bond acceptors (Lipinski definition) is 4. The van der Waals surface area contributed by atoms with Crippen LogP contribution in [-0.4, -0.2) is 19.9 Å². The summed E-state index contributed by atoms with van der Waals surface area (Å²) in [7, 11) is 0. The summed E-state index contributed by atoms with van der Waals surface area (Å²) < 4.78 is 0. The van der Waals surface area contributed by atoms with Gasteiger partial charge >= 0.3 is 0 Å². The third-order valence-electron chi connectivity index (χ3n) is 12.6. The second-order valence-corrected chi connectivity index (χ2v) is 16.6. The first kappa shape index (κ1) is 38.8. The van der Waals surface area contributed by atoms with Crippen LogP contribution in [0.15, 0.2) is 243 Å². The van der Waals surface area contributed by atoms with Gasteiger partial charge in [-0.25, -0.2) is 15.0 Å². The van der Waals surface area contributed by atoms with Gasteiger partial charge in [0, 0.05) is 34.0 Å². The summed E-state index contributed by atoms with van der Waals surface area (Å²) in [4.78, 5) is 20.9. The second kappa shape index (κ2) is 16.7. The van der Waals surface area contributed by atoms with E-state index in [1.54, 1.807) is 0 Å². The Labute approximate surface area is 383 Å². The molecule has 0 aliphatic carbocycles. The maximum atomic E-state index is 5.34. The third-order valence-corrected chi connectivity index (χ3v) is 12.6. The van der Waals surface area contributed by atoms with Gasteiger partial charge in [0.25, 0.3) is 0 Å². The molecule has 0 aliphatic heterocycles. The number of hydrogen-bond donors (Lipinski definition) is 0. The molecule has 2 aromatic heterocycles. The maximum absolute atomic E-state index is 5.34. The first-order chi connectivity index (χ1) is 32.7. The van der Waals surface area contributed by atoms with Gasteiger partial charge in [-0.3, -0.25) is 4.98 Å². The highest BCUT2D eigenvalue weighted by Gasteiger charge is 2.19. The first-order valence-electron chi connectivity index (χ1n) is 22.3. The normalized spacial score (nSPS) is 11.3. The van der Waals surface area contributed by atoms with Gasteiger partial charge in [-0.05, 0) is 102 Å². The van der Waals surface area contributed by atoms with Crippen molar-refractivity contribution in [3.8, 4) is 89.9 Å². The standard InChI is InChI=1S/C62H40N4/c1-2-16-43(17-3-1)52-23-10-11-26-56(52)59-55(29-14-36-63-59)46-33-30-42(31-34-46)49-38-50(48-35-32-41-15-4-5-20-47(41)37-48)40-51(39-49)60-64-61(57-27-12-21-44-18-6-8-24-53(44)57)66-62(65-60)58-28-13-22-45-19-7-9-25-54(45)58/h1-40H. The number of nitrogens with zero attached hydrogens (tertiary/aromatic N) is 4. The molecule has 0 fully saturated rings. The van der Waals surface area contributed by atoms with Crippen molar-refractivity contribution in [2.75, 3.05) is 0 Å². The van der Waals surface area contributed by atoms with Gasteiger partial charge in [0.15, 0.2) is 17.5 Å². The summed E-state index contributed by atoms with van der Waals surface area (Å²) in [5, 5.41) is 6.83. The van der Waals surface area contributed by atoms with Gasteiger partial charge in [-0.15, -0.1) is 0 Å². The van der Waals surface area contributed by atoms with Crippen molar-refractivity contribution in [1.82, 2.24) is 19.9 Å². The zero-order valence-electron chi connectivity index (χ0n) is 35.9. The monoisotopic (exact) mass is 840 g/mol. The topological polar surface area (TPSA) is 51.6 Å². The van der Waals surface area contributed by atoms with Gasteiger partial charge < -0.3 is 0 Å². The predicted octanol–water partition coefficient (Wildman–Crippen LogP) is 16.1. The van der Waals surface area contributed by atoms with E-state index < -0.39 is 0 Å². The highest BCUT2D eigenvalue weighted by Crippen LogP contribution is 2.40. The zero-order chi connectivity index (χ0) is 43.8. The molecule has 0 atom stereocenters. The largest absolute Gasteiger partial charge is 0.256 e. The molecule has 0 saturated carbocycles. The van der Waals surface area contributed by atoms with E-state index in [2.05, 4.69) is 231 Å². The Morgan fingerprint density at radius 2 is 0.697 bits per heavy atom. The molecule has 0 radical (unpaired) electrons. The van der Waals surface area contributed by atoms with Crippen molar-refractivity contribution in [3.63, 3.8) is 0 Å². The lowest BCUT2D eigenvalue weighted by Crippen LogP contribution is -2.01. The summed E-state index contributed by atoms with van der Waals surface area (Å²) in [5.41, 5.74) is 13.7. The van der Waals surface area contributed by atoms with Crippen molar-refractivity contribution in [2.24, 2.45) is 0 Å².